The number of epoxide rings is 1. The Morgan fingerprint density at radius 2 is 1.73 bits per heavy atom. The van der Waals surface area contributed by atoms with Crippen LogP contribution in [0.4, 0.5) is 17.6 Å². The van der Waals surface area contributed by atoms with E-state index in [9.17, 15) is 17.6 Å². The molecule has 1 fully saturated rings. The van der Waals surface area contributed by atoms with Crippen molar-refractivity contribution < 1.29 is 27.0 Å². The van der Waals surface area contributed by atoms with E-state index in [0.29, 0.717) is 10.5 Å². The summed E-state index contributed by atoms with van der Waals surface area (Å²) in [6, 6.07) is 8.03. The van der Waals surface area contributed by atoms with Crippen LogP contribution in [0.1, 0.15) is 5.56 Å². The maximum absolute atomic E-state index is 14.4. The van der Waals surface area contributed by atoms with E-state index in [1.807, 2.05) is 0 Å². The van der Waals surface area contributed by atoms with Crippen molar-refractivity contribution in [2.24, 2.45) is 0 Å². The second-order valence-corrected chi connectivity index (χ2v) is 5.73. The number of hydrogen-bond donors (Lipinski definition) is 0. The Labute approximate surface area is 131 Å². The van der Waals surface area contributed by atoms with Crippen molar-refractivity contribution in [1.29, 1.82) is 0 Å². The second kappa shape index (κ2) is 5.24. The van der Waals surface area contributed by atoms with Gasteiger partial charge in [-0.25, -0.2) is 8.78 Å². The van der Waals surface area contributed by atoms with Crippen LogP contribution in [0.2, 0.25) is 0 Å². The Balaban J connectivity index is 1.93. The highest BCUT2D eigenvalue weighted by Gasteiger charge is 2.69. The molecule has 0 N–H and O–H groups in total. The van der Waals surface area contributed by atoms with Crippen LogP contribution in [0.3, 0.4) is 0 Å². The van der Waals surface area contributed by atoms with Gasteiger partial charge in [-0.2, -0.15) is 8.78 Å². The van der Waals surface area contributed by atoms with E-state index >= 15 is 0 Å². The van der Waals surface area contributed by atoms with Crippen molar-refractivity contribution in [3.05, 3.63) is 64.1 Å². The molecule has 1 heterocycles. The van der Waals surface area contributed by atoms with Crippen LogP contribution in [0.25, 0.3) is 0 Å². The number of hydrogen-bond acceptors (Lipinski definition) is 2. The fourth-order valence-corrected chi connectivity index (χ4v) is 2.36. The van der Waals surface area contributed by atoms with E-state index < -0.39 is 35.5 Å². The quantitative estimate of drug-likeness (QED) is 0.573. The summed E-state index contributed by atoms with van der Waals surface area (Å²) in [6.07, 6.45) is -3.85. The van der Waals surface area contributed by atoms with Crippen LogP contribution < -0.4 is 4.74 Å². The zero-order chi connectivity index (χ0) is 16.0. The number of alkyl halides is 2. The molecule has 0 bridgehead atoms. The average molecular weight is 377 g/mol. The number of benzene rings is 2. The molecule has 0 saturated carbocycles. The summed E-state index contributed by atoms with van der Waals surface area (Å²) in [5, 5.41) is 0. The molecule has 0 aliphatic carbocycles. The van der Waals surface area contributed by atoms with Crippen LogP contribution >= 0.6 is 15.9 Å². The first-order valence-electron chi connectivity index (χ1n) is 6.26. The third kappa shape index (κ3) is 2.59. The van der Waals surface area contributed by atoms with Gasteiger partial charge in [0.15, 0.2) is 0 Å². The van der Waals surface area contributed by atoms with E-state index in [0.717, 1.165) is 12.1 Å². The van der Waals surface area contributed by atoms with Gasteiger partial charge in [-0.15, -0.1) is 0 Å². The summed E-state index contributed by atoms with van der Waals surface area (Å²) in [5.74, 6) is -1.91. The van der Waals surface area contributed by atoms with Crippen LogP contribution in [-0.4, -0.2) is 12.7 Å². The molecule has 1 aliphatic heterocycles. The first-order valence-corrected chi connectivity index (χ1v) is 7.05. The van der Waals surface area contributed by atoms with Gasteiger partial charge in [0.25, 0.3) is 0 Å². The molecule has 116 valence electrons. The smallest absolute Gasteiger partial charge is 0.430 e. The Bertz CT molecular complexity index is 699. The Kier molecular flexibility index (Phi) is 3.65. The predicted octanol–water partition coefficient (Wildman–Crippen LogP) is 4.62. The molecule has 0 spiro atoms. The van der Waals surface area contributed by atoms with Crippen molar-refractivity contribution in [2.45, 2.75) is 11.7 Å². The van der Waals surface area contributed by atoms with Crippen molar-refractivity contribution in [1.82, 2.24) is 0 Å². The highest BCUT2D eigenvalue weighted by Crippen LogP contribution is 2.52. The molecule has 1 aliphatic rings. The summed E-state index contributed by atoms with van der Waals surface area (Å²) in [7, 11) is 0. The average Bonchev–Trinajstić information content (AvgIpc) is 3.26. The van der Waals surface area contributed by atoms with Gasteiger partial charge in [0.1, 0.15) is 17.4 Å². The van der Waals surface area contributed by atoms with E-state index in [-0.39, 0.29) is 5.75 Å². The van der Waals surface area contributed by atoms with Gasteiger partial charge in [-0.3, -0.25) is 0 Å². The summed E-state index contributed by atoms with van der Waals surface area (Å²) in [5.41, 5.74) is -2.87. The van der Waals surface area contributed by atoms with E-state index in [1.165, 1.54) is 24.3 Å². The molecule has 1 atom stereocenters. The van der Waals surface area contributed by atoms with Gasteiger partial charge in [0.2, 0.25) is 5.60 Å². The summed E-state index contributed by atoms with van der Waals surface area (Å²) in [4.78, 5) is 0. The molecule has 0 aromatic heterocycles. The maximum atomic E-state index is 14.4. The molecular weight excluding hydrogens is 368 g/mol. The largest absolute Gasteiger partial charge is 0.434 e. The molecule has 7 heteroatoms. The molecule has 0 amide bonds. The van der Waals surface area contributed by atoms with Gasteiger partial charge in [0.05, 0.1) is 6.61 Å². The lowest BCUT2D eigenvalue weighted by Crippen LogP contribution is -2.41. The maximum Gasteiger partial charge on any atom is 0.434 e. The third-order valence-electron chi connectivity index (χ3n) is 3.33. The lowest BCUT2D eigenvalue weighted by molar-refractivity contribution is -0.227. The van der Waals surface area contributed by atoms with Gasteiger partial charge in [-0.1, -0.05) is 15.9 Å². The minimum atomic E-state index is -3.85. The summed E-state index contributed by atoms with van der Waals surface area (Å²) in [6.45, 7) is -0.461. The molecule has 1 saturated heterocycles. The highest BCUT2D eigenvalue weighted by molar-refractivity contribution is 9.10. The topological polar surface area (TPSA) is 21.8 Å². The van der Waals surface area contributed by atoms with E-state index in [1.54, 1.807) is 0 Å². The Morgan fingerprint density at radius 3 is 2.32 bits per heavy atom. The van der Waals surface area contributed by atoms with Gasteiger partial charge >= 0.3 is 6.11 Å². The lowest BCUT2D eigenvalue weighted by Gasteiger charge is -2.25. The summed E-state index contributed by atoms with van der Waals surface area (Å²) < 4.78 is 66.0. The molecule has 0 radical (unpaired) electrons. The standard InChI is InChI=1S/C15H9BrF4O2/c16-9-1-4-11(5-2-9)22-15(19,20)14(8-21-14)12-7-10(17)3-6-13(12)18/h1-7H,8H2. The lowest BCUT2D eigenvalue weighted by atomic mass is 9.98. The number of rotatable bonds is 4. The molecule has 2 aromatic rings. The minimum Gasteiger partial charge on any atom is -0.430 e. The zero-order valence-corrected chi connectivity index (χ0v) is 12.5. The number of ether oxygens (including phenoxy) is 2. The number of halogens is 5. The first-order chi connectivity index (χ1) is 10.3. The highest BCUT2D eigenvalue weighted by atomic mass is 79.9. The normalized spacial score (nSPS) is 20.8. The van der Waals surface area contributed by atoms with Crippen LogP contribution in [0.5, 0.6) is 5.75 Å². The van der Waals surface area contributed by atoms with Crippen LogP contribution in [-0.2, 0) is 10.3 Å². The van der Waals surface area contributed by atoms with E-state index in [2.05, 4.69) is 20.7 Å². The van der Waals surface area contributed by atoms with Gasteiger partial charge < -0.3 is 9.47 Å². The Morgan fingerprint density at radius 1 is 1.09 bits per heavy atom. The van der Waals surface area contributed by atoms with Gasteiger partial charge in [-0.05, 0) is 42.5 Å². The van der Waals surface area contributed by atoms with Crippen molar-refractivity contribution in [2.75, 3.05) is 6.61 Å². The molecule has 3 rings (SSSR count). The monoisotopic (exact) mass is 376 g/mol. The van der Waals surface area contributed by atoms with Crippen LogP contribution in [0.15, 0.2) is 46.9 Å². The Hall–Kier alpha value is -1.60. The van der Waals surface area contributed by atoms with Crippen molar-refractivity contribution in [3.8, 4) is 5.75 Å². The van der Waals surface area contributed by atoms with Crippen LogP contribution in [0, 0.1) is 11.6 Å². The first kappa shape index (κ1) is 15.3. The molecule has 22 heavy (non-hydrogen) atoms. The minimum absolute atomic E-state index is 0.111. The predicted molar refractivity (Wildman–Crippen MR) is 73.7 cm³/mol. The third-order valence-corrected chi connectivity index (χ3v) is 3.85. The molecule has 2 nitrogen and oxygen atoms in total. The fraction of sp³-hybridized carbons (Fsp3) is 0.200. The molecule has 1 unspecified atom stereocenters. The van der Waals surface area contributed by atoms with Crippen molar-refractivity contribution in [3.63, 3.8) is 0 Å². The molecular formula is C15H9BrF4O2. The SMILES string of the molecule is Fc1ccc(F)c(C2(C(F)(F)Oc3ccc(Br)cc3)CO2)c1. The van der Waals surface area contributed by atoms with Crippen molar-refractivity contribution >= 4 is 15.9 Å². The van der Waals surface area contributed by atoms with E-state index in [4.69, 9.17) is 4.74 Å². The van der Waals surface area contributed by atoms with Gasteiger partial charge in [0, 0.05) is 10.0 Å². The zero-order valence-electron chi connectivity index (χ0n) is 11.0. The summed E-state index contributed by atoms with van der Waals surface area (Å²) >= 11 is 3.17. The second-order valence-electron chi connectivity index (χ2n) is 4.81. The molecule has 2 aromatic carbocycles. The fourth-order valence-electron chi connectivity index (χ4n) is 2.09.